The third-order valence-corrected chi connectivity index (χ3v) is 7.12. The molecule has 1 N–H and O–H groups in total. The van der Waals surface area contributed by atoms with Crippen LogP contribution in [0.2, 0.25) is 0 Å². The molecule has 2 aromatic rings. The van der Waals surface area contributed by atoms with Gasteiger partial charge in [-0.2, -0.15) is 5.10 Å². The lowest BCUT2D eigenvalue weighted by Gasteiger charge is -2.45. The zero-order valence-corrected chi connectivity index (χ0v) is 18.1. The van der Waals surface area contributed by atoms with Gasteiger partial charge in [-0.15, -0.1) is 0 Å². The summed E-state index contributed by atoms with van der Waals surface area (Å²) in [4.78, 5) is 0.249. The van der Waals surface area contributed by atoms with Crippen molar-refractivity contribution in [1.29, 1.82) is 0 Å². The van der Waals surface area contributed by atoms with E-state index >= 15 is 0 Å². The first-order valence-corrected chi connectivity index (χ1v) is 11.3. The van der Waals surface area contributed by atoms with Crippen molar-refractivity contribution in [2.24, 2.45) is 12.5 Å². The van der Waals surface area contributed by atoms with E-state index < -0.39 is 10.0 Å². The van der Waals surface area contributed by atoms with Gasteiger partial charge in [0, 0.05) is 26.4 Å². The fraction of sp³-hybridized carbons (Fsp3) is 0.571. The molecule has 0 aliphatic carbocycles. The normalized spacial score (nSPS) is 22.3. The first-order chi connectivity index (χ1) is 13.1. The van der Waals surface area contributed by atoms with E-state index in [1.54, 1.807) is 20.2 Å². The lowest BCUT2D eigenvalue weighted by atomic mass is 9.68. The Labute approximate surface area is 168 Å². The highest BCUT2D eigenvalue weighted by Crippen LogP contribution is 2.43. The molecule has 1 fully saturated rings. The molecule has 0 unspecified atom stereocenters. The van der Waals surface area contributed by atoms with E-state index in [1.165, 1.54) is 10.2 Å². The Kier molecular flexibility index (Phi) is 5.98. The molecule has 1 aliphatic heterocycles. The van der Waals surface area contributed by atoms with E-state index in [9.17, 15) is 8.42 Å². The fourth-order valence-electron chi connectivity index (χ4n) is 4.44. The van der Waals surface area contributed by atoms with Crippen LogP contribution in [0.25, 0.3) is 0 Å². The minimum absolute atomic E-state index is 0.00953. The second kappa shape index (κ2) is 7.97. The van der Waals surface area contributed by atoms with E-state index in [0.29, 0.717) is 18.8 Å². The Balaban J connectivity index is 1.74. The van der Waals surface area contributed by atoms with Gasteiger partial charge in [-0.1, -0.05) is 30.3 Å². The number of rotatable bonds is 7. The van der Waals surface area contributed by atoms with Gasteiger partial charge in [0.05, 0.1) is 11.3 Å². The van der Waals surface area contributed by atoms with Gasteiger partial charge in [0.15, 0.2) is 0 Å². The standard InChI is InChI=1S/C21H31N3O3S/c1-17-19(15-24(4)23-17)28(25,26)22-12-10-21(11-13-27-20(2,3)16-21)14-18-8-6-5-7-9-18/h5-9,15,22H,10-14,16H2,1-4H3/t21-/m0/s1. The summed E-state index contributed by atoms with van der Waals surface area (Å²) < 4.78 is 35.7. The third kappa shape index (κ3) is 5.01. The molecule has 6 nitrogen and oxygen atoms in total. The van der Waals surface area contributed by atoms with E-state index in [-0.39, 0.29) is 15.9 Å². The van der Waals surface area contributed by atoms with Gasteiger partial charge >= 0.3 is 0 Å². The summed E-state index contributed by atoms with van der Waals surface area (Å²) in [6, 6.07) is 10.4. The average Bonchev–Trinajstić information content (AvgIpc) is 2.94. The van der Waals surface area contributed by atoms with E-state index in [0.717, 1.165) is 25.7 Å². The highest BCUT2D eigenvalue weighted by Gasteiger charge is 2.40. The number of aryl methyl sites for hydroxylation is 2. The molecule has 2 heterocycles. The van der Waals surface area contributed by atoms with Crippen LogP contribution in [0.15, 0.2) is 41.4 Å². The minimum Gasteiger partial charge on any atom is -0.376 e. The molecule has 3 rings (SSSR count). The zero-order chi connectivity index (χ0) is 20.4. The SMILES string of the molecule is Cc1nn(C)cc1S(=O)(=O)NCC[C@@]1(Cc2ccccc2)CCOC(C)(C)C1. The van der Waals surface area contributed by atoms with Crippen molar-refractivity contribution in [3.63, 3.8) is 0 Å². The molecule has 1 aromatic heterocycles. The maximum atomic E-state index is 12.7. The van der Waals surface area contributed by atoms with Crippen molar-refractivity contribution in [2.75, 3.05) is 13.2 Å². The molecule has 0 bridgehead atoms. The van der Waals surface area contributed by atoms with Crippen molar-refractivity contribution in [1.82, 2.24) is 14.5 Å². The van der Waals surface area contributed by atoms with Crippen molar-refractivity contribution in [3.05, 3.63) is 47.8 Å². The van der Waals surface area contributed by atoms with Gasteiger partial charge < -0.3 is 4.74 Å². The lowest BCUT2D eigenvalue weighted by molar-refractivity contribution is -0.106. The van der Waals surface area contributed by atoms with Crippen LogP contribution in [0.3, 0.4) is 0 Å². The summed E-state index contributed by atoms with van der Waals surface area (Å²) >= 11 is 0. The summed E-state index contributed by atoms with van der Waals surface area (Å²) in [5.41, 5.74) is 1.61. The molecule has 1 aliphatic rings. The third-order valence-electron chi connectivity index (χ3n) is 5.55. The van der Waals surface area contributed by atoms with Crippen molar-refractivity contribution >= 4 is 10.0 Å². The molecular formula is C21H31N3O3S. The van der Waals surface area contributed by atoms with Crippen LogP contribution < -0.4 is 4.72 Å². The predicted octanol–water partition coefficient (Wildman–Crippen LogP) is 3.22. The van der Waals surface area contributed by atoms with Crippen molar-refractivity contribution in [2.45, 2.75) is 57.0 Å². The van der Waals surface area contributed by atoms with Gasteiger partial charge in [-0.25, -0.2) is 13.1 Å². The number of nitrogens with one attached hydrogen (secondary N) is 1. The smallest absolute Gasteiger partial charge is 0.243 e. The molecule has 0 amide bonds. The molecular weight excluding hydrogens is 374 g/mol. The highest BCUT2D eigenvalue weighted by molar-refractivity contribution is 7.89. The number of ether oxygens (including phenoxy) is 1. The van der Waals surface area contributed by atoms with Gasteiger partial charge in [0.25, 0.3) is 0 Å². The zero-order valence-electron chi connectivity index (χ0n) is 17.2. The lowest BCUT2D eigenvalue weighted by Crippen LogP contribution is -2.44. The summed E-state index contributed by atoms with van der Waals surface area (Å²) in [6.45, 7) is 7.06. The van der Waals surface area contributed by atoms with Gasteiger partial charge in [-0.3, -0.25) is 4.68 Å². The Morgan fingerprint density at radius 1 is 1.25 bits per heavy atom. The Bertz CT molecular complexity index is 906. The van der Waals surface area contributed by atoms with E-state index in [2.05, 4.69) is 47.9 Å². The molecule has 154 valence electrons. The number of sulfonamides is 1. The predicted molar refractivity (Wildman–Crippen MR) is 110 cm³/mol. The Hall–Kier alpha value is -1.70. The Morgan fingerprint density at radius 3 is 2.57 bits per heavy atom. The summed E-state index contributed by atoms with van der Waals surface area (Å²) in [7, 11) is -1.84. The summed E-state index contributed by atoms with van der Waals surface area (Å²) in [5, 5.41) is 4.14. The molecule has 28 heavy (non-hydrogen) atoms. The molecule has 7 heteroatoms. The van der Waals surface area contributed by atoms with E-state index in [1.807, 2.05) is 6.07 Å². The van der Waals surface area contributed by atoms with Crippen LogP contribution in [-0.2, 0) is 28.2 Å². The molecule has 0 radical (unpaired) electrons. The number of hydrogen-bond acceptors (Lipinski definition) is 4. The monoisotopic (exact) mass is 405 g/mol. The average molecular weight is 406 g/mol. The highest BCUT2D eigenvalue weighted by atomic mass is 32.2. The fourth-order valence-corrected chi connectivity index (χ4v) is 5.69. The minimum atomic E-state index is -3.56. The quantitative estimate of drug-likeness (QED) is 0.768. The number of hydrogen-bond donors (Lipinski definition) is 1. The molecule has 1 saturated heterocycles. The number of benzene rings is 1. The van der Waals surface area contributed by atoms with Crippen molar-refractivity contribution in [3.8, 4) is 0 Å². The second-order valence-corrected chi connectivity index (χ2v) is 10.3. The molecule has 1 atom stereocenters. The van der Waals surface area contributed by atoms with Crippen LogP contribution in [0.1, 0.15) is 44.4 Å². The number of nitrogens with zero attached hydrogens (tertiary/aromatic N) is 2. The van der Waals surface area contributed by atoms with Crippen LogP contribution in [0, 0.1) is 12.3 Å². The van der Waals surface area contributed by atoms with Gasteiger partial charge in [0.1, 0.15) is 4.90 Å². The topological polar surface area (TPSA) is 73.2 Å². The van der Waals surface area contributed by atoms with E-state index in [4.69, 9.17) is 4.74 Å². The van der Waals surface area contributed by atoms with Crippen LogP contribution >= 0.6 is 0 Å². The number of aromatic nitrogens is 2. The maximum Gasteiger partial charge on any atom is 0.243 e. The van der Waals surface area contributed by atoms with Crippen LogP contribution in [0.5, 0.6) is 0 Å². The second-order valence-electron chi connectivity index (χ2n) is 8.60. The van der Waals surface area contributed by atoms with Crippen LogP contribution in [-0.4, -0.2) is 37.0 Å². The first-order valence-electron chi connectivity index (χ1n) is 9.79. The maximum absolute atomic E-state index is 12.7. The summed E-state index contributed by atoms with van der Waals surface area (Å²) in [6.07, 6.45) is 5.08. The van der Waals surface area contributed by atoms with Gasteiger partial charge in [-0.05, 0) is 57.4 Å². The molecule has 0 spiro atoms. The molecule has 1 aromatic carbocycles. The first kappa shape index (κ1) is 21.0. The van der Waals surface area contributed by atoms with Crippen molar-refractivity contribution < 1.29 is 13.2 Å². The summed E-state index contributed by atoms with van der Waals surface area (Å²) in [5.74, 6) is 0. The van der Waals surface area contributed by atoms with Crippen LogP contribution in [0.4, 0.5) is 0 Å². The van der Waals surface area contributed by atoms with Gasteiger partial charge in [0.2, 0.25) is 10.0 Å². The Morgan fingerprint density at radius 2 is 1.96 bits per heavy atom. The largest absolute Gasteiger partial charge is 0.376 e. The molecule has 0 saturated carbocycles.